The smallest absolute Gasteiger partial charge is 0.265 e. The zero-order valence-corrected chi connectivity index (χ0v) is 15.6. The van der Waals surface area contributed by atoms with E-state index in [0.717, 1.165) is 5.56 Å². The second kappa shape index (κ2) is 7.07. The minimum Gasteiger partial charge on any atom is -0.276 e. The number of aromatic nitrogens is 4. The normalized spacial score (nSPS) is 11.6. The minimum atomic E-state index is -3.71. The molecule has 2 aromatic heterocycles. The predicted molar refractivity (Wildman–Crippen MR) is 96.5 cm³/mol. The Hall–Kier alpha value is -2.03. The maximum Gasteiger partial charge on any atom is 0.265 e. The number of sulfonamides is 1. The van der Waals surface area contributed by atoms with Crippen LogP contribution in [0.25, 0.3) is 0 Å². The molecule has 0 aliphatic rings. The molecular weight excluding hydrogens is 385 g/mol. The molecule has 0 saturated carbocycles. The van der Waals surface area contributed by atoms with E-state index in [1.54, 1.807) is 33.8 Å². The Morgan fingerprint density at radius 1 is 1.12 bits per heavy atom. The first-order valence-corrected chi connectivity index (χ1v) is 9.63. The molecule has 0 spiro atoms. The summed E-state index contributed by atoms with van der Waals surface area (Å²) in [5, 5.41) is 9.20. The van der Waals surface area contributed by atoms with E-state index in [9.17, 15) is 8.42 Å². The molecule has 1 aromatic carbocycles. The van der Waals surface area contributed by atoms with Gasteiger partial charge in [0.05, 0.1) is 24.6 Å². The van der Waals surface area contributed by atoms with E-state index in [1.165, 1.54) is 18.6 Å². The van der Waals surface area contributed by atoms with Crippen LogP contribution in [0.15, 0.2) is 47.9 Å². The van der Waals surface area contributed by atoms with E-state index in [2.05, 4.69) is 14.9 Å². The zero-order chi connectivity index (χ0) is 18.0. The molecule has 132 valence electrons. The van der Waals surface area contributed by atoms with Crippen LogP contribution >= 0.6 is 23.2 Å². The number of aryl methyl sites for hydroxylation is 1. The Kier molecular flexibility index (Phi) is 5.03. The number of benzene rings is 1. The Labute approximate surface area is 155 Å². The summed E-state index contributed by atoms with van der Waals surface area (Å²) in [6.45, 7) is 2.86. The number of rotatable bonds is 6. The number of anilines is 1. The third-order valence-corrected chi connectivity index (χ3v) is 5.40. The van der Waals surface area contributed by atoms with E-state index in [0.29, 0.717) is 28.8 Å². The van der Waals surface area contributed by atoms with E-state index in [-0.39, 0.29) is 4.90 Å². The van der Waals surface area contributed by atoms with Gasteiger partial charge in [0.1, 0.15) is 4.90 Å². The molecule has 0 radical (unpaired) electrons. The molecule has 3 rings (SSSR count). The maximum atomic E-state index is 12.4. The largest absolute Gasteiger partial charge is 0.276 e. The van der Waals surface area contributed by atoms with Gasteiger partial charge in [-0.3, -0.25) is 14.1 Å². The summed E-state index contributed by atoms with van der Waals surface area (Å²) in [7, 11) is -3.71. The van der Waals surface area contributed by atoms with Crippen molar-refractivity contribution >= 4 is 38.9 Å². The quantitative estimate of drug-likeness (QED) is 0.689. The monoisotopic (exact) mass is 399 g/mol. The molecule has 0 unspecified atom stereocenters. The van der Waals surface area contributed by atoms with Crippen molar-refractivity contribution in [3.05, 3.63) is 58.6 Å². The molecule has 3 aromatic rings. The van der Waals surface area contributed by atoms with Gasteiger partial charge < -0.3 is 0 Å². The molecule has 0 saturated heterocycles. The van der Waals surface area contributed by atoms with Crippen LogP contribution in [0.5, 0.6) is 0 Å². The lowest BCUT2D eigenvalue weighted by Gasteiger charge is -2.05. The fourth-order valence-electron chi connectivity index (χ4n) is 2.20. The summed E-state index contributed by atoms with van der Waals surface area (Å²) < 4.78 is 30.3. The van der Waals surface area contributed by atoms with Gasteiger partial charge in [-0.15, -0.1) is 0 Å². The van der Waals surface area contributed by atoms with Gasteiger partial charge in [-0.25, -0.2) is 8.42 Å². The summed E-state index contributed by atoms with van der Waals surface area (Å²) >= 11 is 12.0. The SMILES string of the molecule is CCn1cc(S(=O)(=O)Nc2cnn(Cc3ccc(Cl)cc3Cl)c2)cn1. The summed E-state index contributed by atoms with van der Waals surface area (Å²) in [5.41, 5.74) is 1.18. The van der Waals surface area contributed by atoms with Crippen molar-refractivity contribution in [1.82, 2.24) is 19.6 Å². The summed E-state index contributed by atoms with van der Waals surface area (Å²) in [4.78, 5) is 0.0999. The molecule has 0 amide bonds. The standard InChI is InChI=1S/C15H15Cl2N5O2S/c1-2-21-10-14(7-19-21)25(23,24)20-13-6-18-22(9-13)8-11-3-4-12(16)5-15(11)17/h3-7,9-10,20H,2,8H2,1H3. The Morgan fingerprint density at radius 3 is 2.56 bits per heavy atom. The molecule has 0 aliphatic heterocycles. The number of hydrogen-bond acceptors (Lipinski definition) is 4. The van der Waals surface area contributed by atoms with Gasteiger partial charge in [0, 0.05) is 29.0 Å². The van der Waals surface area contributed by atoms with E-state index in [1.807, 2.05) is 6.92 Å². The zero-order valence-electron chi connectivity index (χ0n) is 13.2. The fourth-order valence-corrected chi connectivity index (χ4v) is 3.65. The van der Waals surface area contributed by atoms with Crippen molar-refractivity contribution in [2.45, 2.75) is 24.9 Å². The fraction of sp³-hybridized carbons (Fsp3) is 0.200. The van der Waals surface area contributed by atoms with Crippen LogP contribution in [0, 0.1) is 0 Å². The van der Waals surface area contributed by atoms with E-state index >= 15 is 0 Å². The lowest BCUT2D eigenvalue weighted by atomic mass is 10.2. The lowest BCUT2D eigenvalue weighted by molar-refractivity contribution is 0.600. The van der Waals surface area contributed by atoms with E-state index < -0.39 is 10.0 Å². The average Bonchev–Trinajstić information content (AvgIpc) is 3.19. The molecule has 0 aliphatic carbocycles. The molecule has 0 atom stereocenters. The lowest BCUT2D eigenvalue weighted by Crippen LogP contribution is -2.12. The van der Waals surface area contributed by atoms with Gasteiger partial charge in [-0.05, 0) is 24.6 Å². The van der Waals surface area contributed by atoms with Crippen LogP contribution in [0.2, 0.25) is 10.0 Å². The van der Waals surface area contributed by atoms with Gasteiger partial charge in [0.2, 0.25) is 0 Å². The number of halogens is 2. The topological polar surface area (TPSA) is 81.8 Å². The van der Waals surface area contributed by atoms with Crippen molar-refractivity contribution in [3.63, 3.8) is 0 Å². The van der Waals surface area contributed by atoms with Crippen molar-refractivity contribution in [3.8, 4) is 0 Å². The van der Waals surface area contributed by atoms with Crippen molar-refractivity contribution in [1.29, 1.82) is 0 Å². The molecule has 0 bridgehead atoms. The molecule has 25 heavy (non-hydrogen) atoms. The van der Waals surface area contributed by atoms with Gasteiger partial charge in [0.15, 0.2) is 0 Å². The van der Waals surface area contributed by atoms with Crippen LogP contribution < -0.4 is 4.72 Å². The molecular formula is C15H15Cl2N5O2S. The maximum absolute atomic E-state index is 12.4. The van der Waals surface area contributed by atoms with E-state index in [4.69, 9.17) is 23.2 Å². The van der Waals surface area contributed by atoms with Crippen molar-refractivity contribution in [2.24, 2.45) is 0 Å². The highest BCUT2D eigenvalue weighted by molar-refractivity contribution is 7.92. The van der Waals surface area contributed by atoms with Gasteiger partial charge in [-0.1, -0.05) is 29.3 Å². The van der Waals surface area contributed by atoms with Crippen molar-refractivity contribution < 1.29 is 8.42 Å². The third kappa shape index (κ3) is 4.15. The molecule has 0 fully saturated rings. The Bertz CT molecular complexity index is 997. The Balaban J connectivity index is 1.75. The highest BCUT2D eigenvalue weighted by Crippen LogP contribution is 2.22. The molecule has 7 nitrogen and oxygen atoms in total. The first-order chi connectivity index (χ1) is 11.9. The number of hydrogen-bond donors (Lipinski definition) is 1. The van der Waals surface area contributed by atoms with Crippen molar-refractivity contribution in [2.75, 3.05) is 4.72 Å². The number of nitrogens with one attached hydrogen (secondary N) is 1. The van der Waals surface area contributed by atoms with Crippen LogP contribution in [-0.4, -0.2) is 28.0 Å². The molecule has 1 N–H and O–H groups in total. The van der Waals surface area contributed by atoms with Crippen LogP contribution in [0.4, 0.5) is 5.69 Å². The Morgan fingerprint density at radius 2 is 1.88 bits per heavy atom. The first-order valence-electron chi connectivity index (χ1n) is 7.39. The van der Waals surface area contributed by atoms with Gasteiger partial charge in [-0.2, -0.15) is 10.2 Å². The summed E-state index contributed by atoms with van der Waals surface area (Å²) in [5.74, 6) is 0. The highest BCUT2D eigenvalue weighted by Gasteiger charge is 2.17. The average molecular weight is 400 g/mol. The van der Waals surface area contributed by atoms with Gasteiger partial charge in [0.25, 0.3) is 10.0 Å². The third-order valence-electron chi connectivity index (χ3n) is 3.48. The first kappa shape index (κ1) is 17.8. The second-order valence-corrected chi connectivity index (χ2v) is 7.83. The second-order valence-electron chi connectivity index (χ2n) is 5.30. The number of nitrogens with zero attached hydrogens (tertiary/aromatic N) is 4. The van der Waals surface area contributed by atoms with Gasteiger partial charge >= 0.3 is 0 Å². The summed E-state index contributed by atoms with van der Waals surface area (Å²) in [6.07, 6.45) is 5.81. The van der Waals surface area contributed by atoms with Crippen LogP contribution in [0.1, 0.15) is 12.5 Å². The highest BCUT2D eigenvalue weighted by atomic mass is 35.5. The van der Waals surface area contributed by atoms with Crippen LogP contribution in [0.3, 0.4) is 0 Å². The minimum absolute atomic E-state index is 0.0999. The molecule has 10 heteroatoms. The van der Waals surface area contributed by atoms with Crippen LogP contribution in [-0.2, 0) is 23.1 Å². The predicted octanol–water partition coefficient (Wildman–Crippen LogP) is 3.26. The summed E-state index contributed by atoms with van der Waals surface area (Å²) in [6, 6.07) is 5.19. The molecule has 2 heterocycles.